The van der Waals surface area contributed by atoms with E-state index < -0.39 is 0 Å². The maximum Gasteiger partial charge on any atom is 0.240 e. The molecule has 0 radical (unpaired) electrons. The van der Waals surface area contributed by atoms with Crippen molar-refractivity contribution in [2.24, 2.45) is 0 Å². The Morgan fingerprint density at radius 1 is 1.28 bits per heavy atom. The van der Waals surface area contributed by atoms with Crippen molar-refractivity contribution >= 4 is 11.3 Å². The Labute approximate surface area is 109 Å². The topological polar surface area (TPSA) is 69.2 Å². The van der Waals surface area contributed by atoms with Crippen LogP contribution in [0.1, 0.15) is 17.4 Å². The maximum absolute atomic E-state index is 5.25. The Morgan fingerprint density at radius 3 is 2.67 bits per heavy atom. The van der Waals surface area contributed by atoms with Crippen molar-refractivity contribution in [3.63, 3.8) is 0 Å². The van der Waals surface area contributed by atoms with Crippen LogP contribution in [0.2, 0.25) is 0 Å². The molecule has 96 valence electrons. The fraction of sp³-hybridized carbons (Fsp3) is 0.364. The standard InChI is InChI=1S/C11H14N4O2S/c1-12-9(7-5-18-6-14-7)10-11(17-3)15-8(16-2)4-13-10/h4-6,9,12H,1-3H3. The van der Waals surface area contributed by atoms with E-state index in [9.17, 15) is 0 Å². The third kappa shape index (κ3) is 2.41. The number of methoxy groups -OCH3 is 2. The van der Waals surface area contributed by atoms with Crippen molar-refractivity contribution in [3.8, 4) is 11.8 Å². The molecule has 0 aliphatic rings. The fourth-order valence-corrected chi connectivity index (χ4v) is 2.18. The highest BCUT2D eigenvalue weighted by atomic mass is 32.1. The van der Waals surface area contributed by atoms with E-state index in [-0.39, 0.29) is 6.04 Å². The number of nitrogens with one attached hydrogen (secondary N) is 1. The van der Waals surface area contributed by atoms with E-state index >= 15 is 0 Å². The lowest BCUT2D eigenvalue weighted by Gasteiger charge is -2.15. The number of hydrogen-bond donors (Lipinski definition) is 1. The number of nitrogens with zero attached hydrogens (tertiary/aromatic N) is 3. The molecule has 0 bridgehead atoms. The van der Waals surface area contributed by atoms with E-state index in [0.29, 0.717) is 17.5 Å². The van der Waals surface area contributed by atoms with Crippen LogP contribution in [0.25, 0.3) is 0 Å². The number of aromatic nitrogens is 3. The van der Waals surface area contributed by atoms with Crippen LogP contribution >= 0.6 is 11.3 Å². The third-order valence-electron chi connectivity index (χ3n) is 2.46. The minimum absolute atomic E-state index is 0.149. The number of rotatable bonds is 5. The second-order valence-corrected chi connectivity index (χ2v) is 4.16. The quantitative estimate of drug-likeness (QED) is 0.878. The molecule has 2 heterocycles. The Morgan fingerprint density at radius 2 is 2.11 bits per heavy atom. The Kier molecular flexibility index (Phi) is 4.06. The zero-order chi connectivity index (χ0) is 13.0. The first kappa shape index (κ1) is 12.7. The van der Waals surface area contributed by atoms with Gasteiger partial charge in [0.1, 0.15) is 5.69 Å². The van der Waals surface area contributed by atoms with Gasteiger partial charge >= 0.3 is 0 Å². The predicted molar refractivity (Wildman–Crippen MR) is 68.2 cm³/mol. The van der Waals surface area contributed by atoms with Crippen LogP contribution in [0, 0.1) is 0 Å². The first-order chi connectivity index (χ1) is 8.80. The summed E-state index contributed by atoms with van der Waals surface area (Å²) in [5.41, 5.74) is 3.36. The van der Waals surface area contributed by atoms with Gasteiger partial charge in [0.25, 0.3) is 0 Å². The van der Waals surface area contributed by atoms with E-state index in [1.54, 1.807) is 25.9 Å². The summed E-state index contributed by atoms with van der Waals surface area (Å²) in [7, 11) is 4.94. The summed E-state index contributed by atoms with van der Waals surface area (Å²) in [6.45, 7) is 0. The number of thiazole rings is 1. The summed E-state index contributed by atoms with van der Waals surface area (Å²) >= 11 is 1.53. The summed E-state index contributed by atoms with van der Waals surface area (Å²) in [5.74, 6) is 0.852. The van der Waals surface area contributed by atoms with Gasteiger partial charge in [-0.25, -0.2) is 9.97 Å². The van der Waals surface area contributed by atoms with E-state index in [1.807, 2.05) is 12.4 Å². The molecule has 7 heteroatoms. The Bertz CT molecular complexity index is 504. The molecular weight excluding hydrogens is 252 g/mol. The fourth-order valence-electron chi connectivity index (χ4n) is 1.60. The molecule has 1 N–H and O–H groups in total. The first-order valence-electron chi connectivity index (χ1n) is 5.30. The van der Waals surface area contributed by atoms with Crippen molar-refractivity contribution in [1.82, 2.24) is 20.3 Å². The molecule has 0 saturated carbocycles. The van der Waals surface area contributed by atoms with Gasteiger partial charge in [-0.15, -0.1) is 11.3 Å². The van der Waals surface area contributed by atoms with Gasteiger partial charge in [0.05, 0.1) is 37.7 Å². The summed E-state index contributed by atoms with van der Waals surface area (Å²) in [5, 5.41) is 5.12. The molecule has 1 unspecified atom stereocenters. The van der Waals surface area contributed by atoms with Gasteiger partial charge < -0.3 is 14.8 Å². The molecule has 6 nitrogen and oxygen atoms in total. The maximum atomic E-state index is 5.25. The van der Waals surface area contributed by atoms with Crippen LogP contribution in [-0.4, -0.2) is 36.2 Å². The molecule has 0 saturated heterocycles. The molecule has 2 aromatic heterocycles. The van der Waals surface area contributed by atoms with Crippen LogP contribution in [0.15, 0.2) is 17.1 Å². The molecule has 2 aromatic rings. The molecule has 0 aliphatic heterocycles. The lowest BCUT2D eigenvalue weighted by Crippen LogP contribution is -2.20. The lowest BCUT2D eigenvalue weighted by molar-refractivity contribution is 0.353. The van der Waals surface area contributed by atoms with E-state index in [2.05, 4.69) is 20.3 Å². The van der Waals surface area contributed by atoms with Gasteiger partial charge in [0, 0.05) is 5.38 Å². The molecule has 0 aliphatic carbocycles. The normalized spacial score (nSPS) is 12.2. The van der Waals surface area contributed by atoms with E-state index in [1.165, 1.54) is 11.3 Å². The summed E-state index contributed by atoms with van der Waals surface area (Å²) in [6.07, 6.45) is 1.56. The van der Waals surface area contributed by atoms with Crippen molar-refractivity contribution in [3.05, 3.63) is 28.5 Å². The van der Waals surface area contributed by atoms with Crippen LogP contribution < -0.4 is 14.8 Å². The molecule has 2 rings (SSSR count). The van der Waals surface area contributed by atoms with Crippen LogP contribution in [0.3, 0.4) is 0 Å². The molecule has 18 heavy (non-hydrogen) atoms. The first-order valence-corrected chi connectivity index (χ1v) is 6.24. The summed E-state index contributed by atoms with van der Waals surface area (Å²) < 4.78 is 10.3. The minimum atomic E-state index is -0.149. The highest BCUT2D eigenvalue weighted by Crippen LogP contribution is 2.27. The number of hydrogen-bond acceptors (Lipinski definition) is 7. The van der Waals surface area contributed by atoms with Crippen molar-refractivity contribution in [2.45, 2.75) is 6.04 Å². The van der Waals surface area contributed by atoms with Gasteiger partial charge in [-0.2, -0.15) is 4.98 Å². The highest BCUT2D eigenvalue weighted by molar-refractivity contribution is 7.07. The minimum Gasteiger partial charge on any atom is -0.480 e. The van der Waals surface area contributed by atoms with Gasteiger partial charge in [-0.05, 0) is 7.05 Å². The molecule has 0 spiro atoms. The van der Waals surface area contributed by atoms with Crippen LogP contribution in [-0.2, 0) is 0 Å². The Balaban J connectivity index is 2.42. The predicted octanol–water partition coefficient (Wildman–Crippen LogP) is 1.26. The van der Waals surface area contributed by atoms with E-state index in [0.717, 1.165) is 5.69 Å². The second-order valence-electron chi connectivity index (χ2n) is 3.44. The highest BCUT2D eigenvalue weighted by Gasteiger charge is 2.21. The third-order valence-corrected chi connectivity index (χ3v) is 3.06. The van der Waals surface area contributed by atoms with Crippen LogP contribution in [0.5, 0.6) is 11.8 Å². The van der Waals surface area contributed by atoms with Gasteiger partial charge in [0.2, 0.25) is 11.8 Å². The van der Waals surface area contributed by atoms with Gasteiger partial charge in [-0.3, -0.25) is 0 Å². The van der Waals surface area contributed by atoms with Gasteiger partial charge in [-0.1, -0.05) is 0 Å². The van der Waals surface area contributed by atoms with Gasteiger partial charge in [0.15, 0.2) is 0 Å². The molecule has 0 amide bonds. The number of ether oxygens (including phenoxy) is 2. The monoisotopic (exact) mass is 266 g/mol. The average Bonchev–Trinajstić information content (AvgIpc) is 2.94. The molecular formula is C11H14N4O2S. The largest absolute Gasteiger partial charge is 0.480 e. The van der Waals surface area contributed by atoms with Crippen molar-refractivity contribution in [2.75, 3.05) is 21.3 Å². The summed E-state index contributed by atoms with van der Waals surface area (Å²) in [6, 6.07) is -0.149. The molecule has 1 atom stereocenters. The smallest absolute Gasteiger partial charge is 0.240 e. The molecule has 0 fully saturated rings. The van der Waals surface area contributed by atoms with Crippen molar-refractivity contribution in [1.29, 1.82) is 0 Å². The lowest BCUT2D eigenvalue weighted by atomic mass is 10.1. The zero-order valence-electron chi connectivity index (χ0n) is 10.4. The average molecular weight is 266 g/mol. The van der Waals surface area contributed by atoms with E-state index in [4.69, 9.17) is 9.47 Å². The summed E-state index contributed by atoms with van der Waals surface area (Å²) in [4.78, 5) is 12.8. The second kappa shape index (κ2) is 5.74. The zero-order valence-corrected chi connectivity index (χ0v) is 11.2. The Hall–Kier alpha value is -1.73. The SMILES string of the molecule is CNC(c1cscn1)c1ncc(OC)nc1OC. The molecule has 0 aromatic carbocycles. The van der Waals surface area contributed by atoms with Crippen LogP contribution in [0.4, 0.5) is 0 Å². The van der Waals surface area contributed by atoms with Crippen molar-refractivity contribution < 1.29 is 9.47 Å².